The number of anilines is 1. The summed E-state index contributed by atoms with van der Waals surface area (Å²) in [5, 5.41) is 2.78. The number of nitrogens with zero attached hydrogens (tertiary/aromatic N) is 1. The van der Waals surface area contributed by atoms with E-state index in [1.165, 1.54) is 11.2 Å². The first kappa shape index (κ1) is 15.6. The lowest BCUT2D eigenvalue weighted by Gasteiger charge is -2.21. The number of rotatable bonds is 3. The van der Waals surface area contributed by atoms with E-state index >= 15 is 0 Å². The molecule has 7 heteroatoms. The van der Waals surface area contributed by atoms with Crippen molar-refractivity contribution >= 4 is 23.3 Å². The average Bonchev–Trinajstić information content (AvgIpc) is 3.35. The zero-order valence-electron chi connectivity index (χ0n) is 13.4. The van der Waals surface area contributed by atoms with Crippen molar-refractivity contribution in [3.63, 3.8) is 0 Å². The zero-order chi connectivity index (χ0) is 17.4. The Kier molecular flexibility index (Phi) is 3.85. The zero-order valence-corrected chi connectivity index (χ0v) is 13.4. The van der Waals surface area contributed by atoms with E-state index in [1.807, 2.05) is 12.1 Å². The molecule has 1 N–H and O–H groups in total. The van der Waals surface area contributed by atoms with E-state index in [9.17, 15) is 14.4 Å². The molecule has 0 spiro atoms. The molecule has 1 atom stereocenters. The molecular formula is C18H16N2O5. The second kappa shape index (κ2) is 6.18. The number of ether oxygens (including phenoxy) is 1. The van der Waals surface area contributed by atoms with Gasteiger partial charge in [-0.3, -0.25) is 19.3 Å². The first-order valence-electron chi connectivity index (χ1n) is 8.03. The molecule has 0 unspecified atom stereocenters. The Morgan fingerprint density at radius 2 is 2.04 bits per heavy atom. The smallest absolute Gasteiger partial charge is 0.292 e. The van der Waals surface area contributed by atoms with Crippen LogP contribution in [-0.2, 0) is 16.0 Å². The van der Waals surface area contributed by atoms with Gasteiger partial charge in [-0.05, 0) is 30.2 Å². The maximum absolute atomic E-state index is 12.7. The molecule has 2 aliphatic rings. The molecule has 1 aromatic heterocycles. The van der Waals surface area contributed by atoms with Gasteiger partial charge in [-0.25, -0.2) is 0 Å². The lowest BCUT2D eigenvalue weighted by molar-refractivity contribution is -0.119. The molecule has 1 aliphatic heterocycles. The summed E-state index contributed by atoms with van der Waals surface area (Å²) in [4.78, 5) is 38.5. The summed E-state index contributed by atoms with van der Waals surface area (Å²) in [5.41, 5.74) is 2.00. The van der Waals surface area contributed by atoms with Crippen molar-refractivity contribution in [3.05, 3.63) is 53.5 Å². The number of carbonyl (C=O) groups is 3. The first-order valence-corrected chi connectivity index (χ1v) is 8.03. The number of hydrogen-bond donors (Lipinski definition) is 1. The monoisotopic (exact) mass is 340 g/mol. The quantitative estimate of drug-likeness (QED) is 0.921. The van der Waals surface area contributed by atoms with Crippen molar-refractivity contribution in [2.75, 3.05) is 18.7 Å². The van der Waals surface area contributed by atoms with Gasteiger partial charge < -0.3 is 14.5 Å². The van der Waals surface area contributed by atoms with Crippen LogP contribution in [0.25, 0.3) is 0 Å². The van der Waals surface area contributed by atoms with Gasteiger partial charge in [-0.2, -0.15) is 0 Å². The van der Waals surface area contributed by atoms with Crippen molar-refractivity contribution in [3.8, 4) is 0 Å². The van der Waals surface area contributed by atoms with Gasteiger partial charge in [0.1, 0.15) is 12.8 Å². The maximum Gasteiger partial charge on any atom is 0.292 e. The van der Waals surface area contributed by atoms with E-state index in [1.54, 1.807) is 18.2 Å². The molecule has 0 radical (unpaired) electrons. The highest BCUT2D eigenvalue weighted by Crippen LogP contribution is 2.29. The molecule has 2 aromatic rings. The molecule has 1 saturated heterocycles. The van der Waals surface area contributed by atoms with Crippen molar-refractivity contribution in [1.29, 1.82) is 0 Å². The molecule has 1 fully saturated rings. The molecule has 4 rings (SSSR count). The van der Waals surface area contributed by atoms with Crippen LogP contribution in [0.5, 0.6) is 0 Å². The van der Waals surface area contributed by atoms with Gasteiger partial charge in [0, 0.05) is 12.0 Å². The summed E-state index contributed by atoms with van der Waals surface area (Å²) in [6, 6.07) is 7.78. The van der Waals surface area contributed by atoms with Crippen molar-refractivity contribution in [2.45, 2.75) is 18.9 Å². The summed E-state index contributed by atoms with van der Waals surface area (Å²) in [6.07, 6.45) is 2.55. The van der Waals surface area contributed by atoms with E-state index in [2.05, 4.69) is 5.32 Å². The standard InChI is InChI=1S/C18H16N2O5/c21-14-7-6-11-3-1-4-12(16(11)14)19-17(22)13-9-24-10-20(13)18(23)15-5-2-8-25-15/h1-5,8,13H,6-7,9-10H2,(H,19,22)/t13-/m0/s1. The number of aryl methyl sites for hydroxylation is 1. The van der Waals surface area contributed by atoms with E-state index in [4.69, 9.17) is 9.15 Å². The van der Waals surface area contributed by atoms with Crippen LogP contribution in [0.2, 0.25) is 0 Å². The molecule has 128 valence electrons. The Bertz CT molecular complexity index is 843. The Labute approximate surface area is 143 Å². The summed E-state index contributed by atoms with van der Waals surface area (Å²) in [7, 11) is 0. The molecule has 1 aliphatic carbocycles. The third kappa shape index (κ3) is 2.72. The lowest BCUT2D eigenvalue weighted by atomic mass is 10.1. The molecule has 25 heavy (non-hydrogen) atoms. The van der Waals surface area contributed by atoms with Crippen molar-refractivity contribution < 1.29 is 23.5 Å². The predicted molar refractivity (Wildman–Crippen MR) is 87.2 cm³/mol. The van der Waals surface area contributed by atoms with Crippen LogP contribution >= 0.6 is 0 Å². The number of furan rings is 1. The Balaban J connectivity index is 1.54. The number of nitrogens with one attached hydrogen (secondary N) is 1. The SMILES string of the molecule is O=C1CCc2cccc(NC(=O)[C@@H]3COCN3C(=O)c3ccco3)c21. The van der Waals surface area contributed by atoms with Gasteiger partial charge in [0.2, 0.25) is 5.91 Å². The van der Waals surface area contributed by atoms with Crippen molar-refractivity contribution in [2.24, 2.45) is 0 Å². The van der Waals surface area contributed by atoms with E-state index in [0.29, 0.717) is 24.1 Å². The molecule has 7 nitrogen and oxygen atoms in total. The Morgan fingerprint density at radius 3 is 2.84 bits per heavy atom. The third-order valence-corrected chi connectivity index (χ3v) is 4.49. The molecular weight excluding hydrogens is 324 g/mol. The van der Waals surface area contributed by atoms with E-state index in [0.717, 1.165) is 5.56 Å². The van der Waals surface area contributed by atoms with Crippen LogP contribution in [0.4, 0.5) is 5.69 Å². The normalized spacial score (nSPS) is 19.1. The Hall–Kier alpha value is -2.93. The van der Waals surface area contributed by atoms with Gasteiger partial charge in [-0.1, -0.05) is 12.1 Å². The van der Waals surface area contributed by atoms with Crippen LogP contribution in [0, 0.1) is 0 Å². The predicted octanol–water partition coefficient (Wildman–Crippen LogP) is 1.85. The minimum atomic E-state index is -0.773. The summed E-state index contributed by atoms with van der Waals surface area (Å²) in [5.74, 6) is -0.612. The van der Waals surface area contributed by atoms with Crippen LogP contribution in [-0.4, -0.2) is 41.9 Å². The summed E-state index contributed by atoms with van der Waals surface area (Å²) < 4.78 is 10.4. The topological polar surface area (TPSA) is 88.9 Å². The molecule has 0 bridgehead atoms. The molecule has 2 heterocycles. The maximum atomic E-state index is 12.7. The molecule has 0 saturated carbocycles. The molecule has 1 aromatic carbocycles. The van der Waals surface area contributed by atoms with E-state index in [-0.39, 0.29) is 30.8 Å². The highest BCUT2D eigenvalue weighted by molar-refractivity contribution is 6.09. The van der Waals surface area contributed by atoms with Crippen LogP contribution in [0.3, 0.4) is 0 Å². The fourth-order valence-corrected chi connectivity index (χ4v) is 3.23. The van der Waals surface area contributed by atoms with Gasteiger partial charge in [0.05, 0.1) is 18.6 Å². The number of carbonyl (C=O) groups excluding carboxylic acids is 3. The summed E-state index contributed by atoms with van der Waals surface area (Å²) in [6.45, 7) is 0.116. The minimum absolute atomic E-state index is 0.0173. The number of benzene rings is 1. The van der Waals surface area contributed by atoms with Crippen LogP contribution in [0.1, 0.15) is 32.9 Å². The number of Topliss-reactive ketones (excluding diaryl/α,β-unsaturated/α-hetero) is 1. The first-order chi connectivity index (χ1) is 12.1. The lowest BCUT2D eigenvalue weighted by Crippen LogP contribution is -2.44. The minimum Gasteiger partial charge on any atom is -0.459 e. The number of hydrogen-bond acceptors (Lipinski definition) is 5. The largest absolute Gasteiger partial charge is 0.459 e. The number of fused-ring (bicyclic) bond motifs is 1. The second-order valence-corrected chi connectivity index (χ2v) is 6.02. The highest BCUT2D eigenvalue weighted by atomic mass is 16.5. The second-order valence-electron chi connectivity index (χ2n) is 6.02. The third-order valence-electron chi connectivity index (χ3n) is 4.49. The van der Waals surface area contributed by atoms with E-state index < -0.39 is 11.9 Å². The number of ketones is 1. The number of amides is 2. The van der Waals surface area contributed by atoms with Crippen LogP contribution in [0.15, 0.2) is 41.0 Å². The van der Waals surface area contributed by atoms with Crippen molar-refractivity contribution in [1.82, 2.24) is 4.90 Å². The van der Waals surface area contributed by atoms with Crippen LogP contribution < -0.4 is 5.32 Å². The van der Waals surface area contributed by atoms with Gasteiger partial charge in [0.25, 0.3) is 5.91 Å². The fourth-order valence-electron chi connectivity index (χ4n) is 3.23. The van der Waals surface area contributed by atoms with Gasteiger partial charge in [-0.15, -0.1) is 0 Å². The van der Waals surface area contributed by atoms with Gasteiger partial charge in [0.15, 0.2) is 11.5 Å². The Morgan fingerprint density at radius 1 is 1.16 bits per heavy atom. The fraction of sp³-hybridized carbons (Fsp3) is 0.278. The average molecular weight is 340 g/mol. The van der Waals surface area contributed by atoms with Gasteiger partial charge >= 0.3 is 0 Å². The highest BCUT2D eigenvalue weighted by Gasteiger charge is 2.37. The molecule has 2 amide bonds. The summed E-state index contributed by atoms with van der Waals surface area (Å²) >= 11 is 0.